The van der Waals surface area contributed by atoms with Gasteiger partial charge < -0.3 is 10.2 Å². The van der Waals surface area contributed by atoms with Gasteiger partial charge in [0.25, 0.3) is 0 Å². The summed E-state index contributed by atoms with van der Waals surface area (Å²) < 4.78 is 46.1. The van der Waals surface area contributed by atoms with Crippen LogP contribution in [-0.2, 0) is 31.1 Å². The van der Waals surface area contributed by atoms with Crippen molar-refractivity contribution in [3.8, 4) is 0 Å². The van der Waals surface area contributed by atoms with Crippen LogP contribution in [0, 0.1) is 0 Å². The third-order valence-electron chi connectivity index (χ3n) is 4.75. The molecule has 2 aliphatic rings. The van der Waals surface area contributed by atoms with E-state index in [1.807, 2.05) is 0 Å². The van der Waals surface area contributed by atoms with Gasteiger partial charge in [-0.25, -0.2) is 22.0 Å². The topological polar surface area (TPSA) is 127 Å². The number of carbonyl (C=O) groups is 1. The second-order valence-corrected chi connectivity index (χ2v) is 10.6. The van der Waals surface area contributed by atoms with E-state index in [-0.39, 0.29) is 28.9 Å². The summed E-state index contributed by atoms with van der Waals surface area (Å²) >= 11 is 0. The SMILES string of the molecule is CC1(NCC(=O)N2CCc3cc(S(N)(=O)=O)ccc32)CCS(=O)(=O)C1. The number of benzene rings is 1. The molecule has 1 aromatic rings. The summed E-state index contributed by atoms with van der Waals surface area (Å²) in [5.74, 6) is -0.0116. The molecular weight excluding hydrogens is 366 g/mol. The van der Waals surface area contributed by atoms with Crippen molar-refractivity contribution in [3.05, 3.63) is 23.8 Å². The summed E-state index contributed by atoms with van der Waals surface area (Å²) in [5, 5.41) is 8.20. The molecule has 1 amide bonds. The molecule has 1 unspecified atom stereocenters. The van der Waals surface area contributed by atoms with Crippen molar-refractivity contribution in [2.75, 3.05) is 29.5 Å². The van der Waals surface area contributed by atoms with Crippen LogP contribution in [0.4, 0.5) is 5.69 Å². The summed E-state index contributed by atoms with van der Waals surface area (Å²) in [7, 11) is -6.82. The highest BCUT2D eigenvalue weighted by Gasteiger charge is 2.38. The van der Waals surface area contributed by atoms with Gasteiger partial charge in [0.2, 0.25) is 15.9 Å². The fraction of sp³-hybridized carbons (Fsp3) is 0.533. The zero-order chi connectivity index (χ0) is 18.5. The Morgan fingerprint density at radius 2 is 2.12 bits per heavy atom. The number of nitrogens with zero attached hydrogens (tertiary/aromatic N) is 1. The van der Waals surface area contributed by atoms with Crippen molar-refractivity contribution in [1.29, 1.82) is 0 Å². The Balaban J connectivity index is 1.70. The molecule has 0 aromatic heterocycles. The number of fused-ring (bicyclic) bond motifs is 1. The highest BCUT2D eigenvalue weighted by Crippen LogP contribution is 2.30. The number of nitrogens with one attached hydrogen (secondary N) is 1. The average Bonchev–Trinajstić information content (AvgIpc) is 3.04. The lowest BCUT2D eigenvalue weighted by Gasteiger charge is -2.25. The van der Waals surface area contributed by atoms with Crippen molar-refractivity contribution in [2.24, 2.45) is 5.14 Å². The Kier molecular flexibility index (Phi) is 4.43. The molecule has 1 atom stereocenters. The van der Waals surface area contributed by atoms with Gasteiger partial charge in [-0.3, -0.25) is 4.79 Å². The number of sulfonamides is 1. The van der Waals surface area contributed by atoms with Crippen LogP contribution in [0.5, 0.6) is 0 Å². The number of nitrogens with two attached hydrogens (primary N) is 1. The molecule has 1 fully saturated rings. The number of primary sulfonamides is 1. The molecule has 1 aromatic carbocycles. The third kappa shape index (κ3) is 3.86. The number of anilines is 1. The first-order chi connectivity index (χ1) is 11.5. The van der Waals surface area contributed by atoms with Gasteiger partial charge in [0.15, 0.2) is 9.84 Å². The summed E-state index contributed by atoms with van der Waals surface area (Å²) in [6.45, 7) is 2.29. The highest BCUT2D eigenvalue weighted by atomic mass is 32.2. The monoisotopic (exact) mass is 387 g/mol. The van der Waals surface area contributed by atoms with Gasteiger partial charge in [-0.15, -0.1) is 0 Å². The van der Waals surface area contributed by atoms with Gasteiger partial charge >= 0.3 is 0 Å². The molecule has 2 aliphatic heterocycles. The molecule has 1 saturated heterocycles. The molecule has 0 bridgehead atoms. The predicted octanol–water partition coefficient (Wildman–Crippen LogP) is -0.610. The molecule has 0 spiro atoms. The Morgan fingerprint density at radius 1 is 1.40 bits per heavy atom. The highest BCUT2D eigenvalue weighted by molar-refractivity contribution is 7.91. The van der Waals surface area contributed by atoms with Crippen molar-refractivity contribution >= 4 is 31.5 Å². The summed E-state index contributed by atoms with van der Waals surface area (Å²) in [5.41, 5.74) is 0.840. The van der Waals surface area contributed by atoms with E-state index in [1.54, 1.807) is 17.9 Å². The van der Waals surface area contributed by atoms with Crippen LogP contribution in [0.2, 0.25) is 0 Å². The van der Waals surface area contributed by atoms with Crippen LogP contribution < -0.4 is 15.4 Å². The van der Waals surface area contributed by atoms with Crippen molar-refractivity contribution < 1.29 is 21.6 Å². The van der Waals surface area contributed by atoms with Crippen molar-refractivity contribution in [2.45, 2.75) is 30.2 Å². The van der Waals surface area contributed by atoms with E-state index in [0.29, 0.717) is 25.1 Å². The summed E-state index contributed by atoms with van der Waals surface area (Å²) in [6, 6.07) is 4.47. The standard InChI is InChI=1S/C15H21N3O5S2/c1-15(5-7-24(20,21)10-15)17-9-14(19)18-6-4-11-8-12(25(16,22)23)2-3-13(11)18/h2-3,8,17H,4-7,9-10H2,1H3,(H2,16,22,23). The Labute approximate surface area is 147 Å². The average molecular weight is 387 g/mol. The molecule has 3 N–H and O–H groups in total. The molecule has 0 aliphatic carbocycles. The minimum absolute atomic E-state index is 0.0294. The Morgan fingerprint density at radius 3 is 2.72 bits per heavy atom. The minimum Gasteiger partial charge on any atom is -0.311 e. The molecule has 0 saturated carbocycles. The quantitative estimate of drug-likeness (QED) is 0.710. The van der Waals surface area contributed by atoms with Crippen LogP contribution in [0.25, 0.3) is 0 Å². The van der Waals surface area contributed by atoms with Crippen molar-refractivity contribution in [1.82, 2.24) is 5.32 Å². The van der Waals surface area contributed by atoms with E-state index in [2.05, 4.69) is 5.32 Å². The lowest BCUT2D eigenvalue weighted by molar-refractivity contribution is -0.118. The summed E-state index contributed by atoms with van der Waals surface area (Å²) in [4.78, 5) is 14.1. The minimum atomic E-state index is -3.78. The predicted molar refractivity (Wildman–Crippen MR) is 93.6 cm³/mol. The molecule has 3 rings (SSSR count). The van der Waals surface area contributed by atoms with E-state index in [0.717, 1.165) is 5.56 Å². The maximum absolute atomic E-state index is 12.5. The Bertz CT molecular complexity index is 926. The number of hydrogen-bond acceptors (Lipinski definition) is 6. The van der Waals surface area contributed by atoms with Gasteiger partial charge in [-0.2, -0.15) is 0 Å². The van der Waals surface area contributed by atoms with Gasteiger partial charge in [0, 0.05) is 17.8 Å². The molecule has 8 nitrogen and oxygen atoms in total. The fourth-order valence-corrected chi connectivity index (χ4v) is 6.04. The molecule has 2 heterocycles. The van der Waals surface area contributed by atoms with Crippen LogP contribution in [0.15, 0.2) is 23.1 Å². The molecule has 138 valence electrons. The van der Waals surface area contributed by atoms with E-state index < -0.39 is 25.4 Å². The number of hydrogen-bond donors (Lipinski definition) is 2. The van der Waals surface area contributed by atoms with E-state index in [4.69, 9.17) is 5.14 Å². The van der Waals surface area contributed by atoms with Gasteiger partial charge in [-0.05, 0) is 43.5 Å². The van der Waals surface area contributed by atoms with Gasteiger partial charge in [0.1, 0.15) is 0 Å². The lowest BCUT2D eigenvalue weighted by atomic mass is 10.0. The van der Waals surface area contributed by atoms with Gasteiger partial charge in [0.05, 0.1) is 22.9 Å². The van der Waals surface area contributed by atoms with Crippen LogP contribution in [0.3, 0.4) is 0 Å². The van der Waals surface area contributed by atoms with Crippen LogP contribution >= 0.6 is 0 Å². The maximum Gasteiger partial charge on any atom is 0.240 e. The third-order valence-corrected chi connectivity index (χ3v) is 7.56. The zero-order valence-corrected chi connectivity index (χ0v) is 15.5. The number of rotatable bonds is 4. The molecule has 25 heavy (non-hydrogen) atoms. The smallest absolute Gasteiger partial charge is 0.240 e. The van der Waals surface area contributed by atoms with E-state index >= 15 is 0 Å². The largest absolute Gasteiger partial charge is 0.311 e. The molecular formula is C15H21N3O5S2. The van der Waals surface area contributed by atoms with E-state index in [9.17, 15) is 21.6 Å². The first-order valence-corrected chi connectivity index (χ1v) is 11.3. The number of amides is 1. The normalized spacial score (nSPS) is 25.1. The van der Waals surface area contributed by atoms with Crippen LogP contribution in [0.1, 0.15) is 18.9 Å². The number of carbonyl (C=O) groups excluding carboxylic acids is 1. The first kappa shape index (κ1) is 18.3. The first-order valence-electron chi connectivity index (χ1n) is 7.91. The summed E-state index contributed by atoms with van der Waals surface area (Å²) in [6.07, 6.45) is 1.03. The van der Waals surface area contributed by atoms with Crippen LogP contribution in [-0.4, -0.2) is 52.9 Å². The number of sulfone groups is 1. The lowest BCUT2D eigenvalue weighted by Crippen LogP contribution is -2.48. The Hall–Kier alpha value is -1.49. The second-order valence-electron chi connectivity index (χ2n) is 6.89. The second kappa shape index (κ2) is 6.04. The van der Waals surface area contributed by atoms with E-state index in [1.165, 1.54) is 12.1 Å². The molecule has 10 heteroatoms. The fourth-order valence-electron chi connectivity index (χ4n) is 3.35. The van der Waals surface area contributed by atoms with Gasteiger partial charge in [-0.1, -0.05) is 0 Å². The zero-order valence-electron chi connectivity index (χ0n) is 13.9. The van der Waals surface area contributed by atoms with Crippen molar-refractivity contribution in [3.63, 3.8) is 0 Å². The molecule has 0 radical (unpaired) electrons. The maximum atomic E-state index is 12.5.